The molecule has 4 heterocycles. The number of H-pyrrole nitrogens is 1. The molecule has 0 atom stereocenters. The van der Waals surface area contributed by atoms with Crippen LogP contribution in [0.2, 0.25) is 0 Å². The molecule has 36 heavy (non-hydrogen) atoms. The minimum Gasteiger partial charge on any atom is -0.339 e. The molecule has 2 N–H and O–H groups in total. The topological polar surface area (TPSA) is 96.5 Å². The first-order chi connectivity index (χ1) is 17.7. The minimum absolute atomic E-state index is 0.0248. The van der Waals surface area contributed by atoms with Crippen LogP contribution in [-0.2, 0) is 6.42 Å². The number of carbonyl (C=O) groups excluding carboxylic acids is 1. The Hall–Kier alpha value is -4.69. The number of aromatic amines is 1. The van der Waals surface area contributed by atoms with Crippen LogP contribution in [0.15, 0.2) is 96.8 Å². The highest BCUT2D eigenvalue weighted by atomic mass is 32.1. The van der Waals surface area contributed by atoms with Gasteiger partial charge in [0.15, 0.2) is 17.4 Å². The molecule has 0 aliphatic heterocycles. The summed E-state index contributed by atoms with van der Waals surface area (Å²) in [4.78, 5) is 26.5. The molecule has 0 bridgehead atoms. The van der Waals surface area contributed by atoms with Crippen LogP contribution < -0.4 is 5.32 Å². The van der Waals surface area contributed by atoms with E-state index >= 15 is 0 Å². The lowest BCUT2D eigenvalue weighted by molar-refractivity contribution is 0.0988. The third-order valence-electron chi connectivity index (χ3n) is 5.78. The number of carbonyl (C=O) groups is 1. The summed E-state index contributed by atoms with van der Waals surface area (Å²) in [5, 5.41) is 12.3. The van der Waals surface area contributed by atoms with Gasteiger partial charge in [-0.15, -0.1) is 11.3 Å². The van der Waals surface area contributed by atoms with Crippen molar-refractivity contribution in [3.8, 4) is 22.5 Å². The number of fused-ring (bicyclic) bond motifs is 1. The zero-order valence-electron chi connectivity index (χ0n) is 19.1. The first-order valence-electron chi connectivity index (χ1n) is 11.4. The highest BCUT2D eigenvalue weighted by Crippen LogP contribution is 2.32. The van der Waals surface area contributed by atoms with Crippen molar-refractivity contribution in [3.05, 3.63) is 108 Å². The Morgan fingerprint density at radius 3 is 2.64 bits per heavy atom. The molecule has 0 amide bonds. The first kappa shape index (κ1) is 21.8. The Morgan fingerprint density at radius 2 is 1.83 bits per heavy atom. The zero-order chi connectivity index (χ0) is 24.3. The maximum Gasteiger partial charge on any atom is 0.185 e. The number of nitrogens with one attached hydrogen (secondary N) is 2. The smallest absolute Gasteiger partial charge is 0.185 e. The van der Waals surface area contributed by atoms with Crippen LogP contribution in [0.4, 0.5) is 11.5 Å². The number of Topliss-reactive ketones (excluding diaryl/α,β-unsaturated/α-hetero) is 1. The van der Waals surface area contributed by atoms with E-state index in [1.165, 1.54) is 0 Å². The van der Waals surface area contributed by atoms with Crippen LogP contribution in [0.25, 0.3) is 32.7 Å². The molecular formula is C28H20N6OS. The number of nitrogens with zero attached hydrogens (tertiary/aromatic N) is 4. The molecule has 7 nitrogen and oxygen atoms in total. The van der Waals surface area contributed by atoms with Gasteiger partial charge in [0, 0.05) is 35.6 Å². The number of ketones is 1. The molecule has 4 aromatic heterocycles. The quantitative estimate of drug-likeness (QED) is 0.256. The van der Waals surface area contributed by atoms with Gasteiger partial charge in [0.1, 0.15) is 5.69 Å². The molecule has 6 aromatic rings. The summed E-state index contributed by atoms with van der Waals surface area (Å²) in [6.45, 7) is 0. The maximum absolute atomic E-state index is 12.7. The van der Waals surface area contributed by atoms with E-state index in [-0.39, 0.29) is 12.2 Å². The second kappa shape index (κ2) is 9.52. The molecule has 0 saturated carbocycles. The molecule has 0 spiro atoms. The number of rotatable bonds is 7. The lowest BCUT2D eigenvalue weighted by atomic mass is 10.0. The zero-order valence-corrected chi connectivity index (χ0v) is 19.9. The average Bonchev–Trinajstić information content (AvgIpc) is 3.63. The van der Waals surface area contributed by atoms with Gasteiger partial charge in [0.25, 0.3) is 0 Å². The van der Waals surface area contributed by atoms with E-state index < -0.39 is 0 Å². The van der Waals surface area contributed by atoms with Crippen molar-refractivity contribution in [2.24, 2.45) is 0 Å². The maximum atomic E-state index is 12.7. The van der Waals surface area contributed by atoms with E-state index in [0.29, 0.717) is 11.5 Å². The highest BCUT2D eigenvalue weighted by Gasteiger charge is 2.13. The van der Waals surface area contributed by atoms with Gasteiger partial charge in [-0.25, -0.2) is 9.97 Å². The van der Waals surface area contributed by atoms with Crippen molar-refractivity contribution < 1.29 is 4.79 Å². The summed E-state index contributed by atoms with van der Waals surface area (Å²) in [6, 6.07) is 23.3. The van der Waals surface area contributed by atoms with E-state index in [0.717, 1.165) is 44.0 Å². The second-order valence-electron chi connectivity index (χ2n) is 8.24. The molecule has 0 unspecified atom stereocenters. The van der Waals surface area contributed by atoms with E-state index in [4.69, 9.17) is 9.97 Å². The first-order valence-corrected chi connectivity index (χ1v) is 12.3. The standard InChI is InChI=1S/C28H20N6OS/c35-25(23-6-1-2-12-29-23)15-18-4-3-5-20(14-18)27-33-24-11-13-36-26(24)28(34-27)32-22-9-7-19(8-10-22)21-16-30-31-17-21/h1-14,16-17H,15H2,(H,30,31)(H,32,33,34). The number of pyridine rings is 1. The van der Waals surface area contributed by atoms with Crippen LogP contribution in [0.1, 0.15) is 16.1 Å². The Bertz CT molecular complexity index is 1640. The fraction of sp³-hybridized carbons (Fsp3) is 0.0357. The van der Waals surface area contributed by atoms with Crippen LogP contribution in [0, 0.1) is 0 Å². The Morgan fingerprint density at radius 1 is 0.917 bits per heavy atom. The number of anilines is 2. The minimum atomic E-state index is -0.0248. The molecule has 0 fully saturated rings. The number of aromatic nitrogens is 5. The van der Waals surface area contributed by atoms with Gasteiger partial charge in [0.05, 0.1) is 16.4 Å². The molecule has 8 heteroatoms. The van der Waals surface area contributed by atoms with Crippen LogP contribution >= 0.6 is 11.3 Å². The summed E-state index contributed by atoms with van der Waals surface area (Å²) >= 11 is 1.60. The van der Waals surface area contributed by atoms with Gasteiger partial charge in [-0.1, -0.05) is 36.4 Å². The molecule has 174 valence electrons. The highest BCUT2D eigenvalue weighted by molar-refractivity contribution is 7.17. The average molecular weight is 489 g/mol. The van der Waals surface area contributed by atoms with E-state index in [1.807, 2.05) is 72.2 Å². The number of thiophene rings is 1. The van der Waals surface area contributed by atoms with Crippen molar-refractivity contribution in [2.45, 2.75) is 6.42 Å². The van der Waals surface area contributed by atoms with Gasteiger partial charge >= 0.3 is 0 Å². The molecular weight excluding hydrogens is 468 g/mol. The summed E-state index contributed by atoms with van der Waals surface area (Å²) < 4.78 is 0.985. The molecule has 0 aliphatic carbocycles. The van der Waals surface area contributed by atoms with Gasteiger partial charge in [-0.05, 0) is 52.9 Å². The van der Waals surface area contributed by atoms with Crippen LogP contribution in [0.5, 0.6) is 0 Å². The van der Waals surface area contributed by atoms with Crippen molar-refractivity contribution in [3.63, 3.8) is 0 Å². The summed E-state index contributed by atoms with van der Waals surface area (Å²) in [5.41, 5.74) is 6.12. The van der Waals surface area contributed by atoms with Crippen LogP contribution in [-0.4, -0.2) is 30.9 Å². The Balaban J connectivity index is 1.29. The molecule has 0 radical (unpaired) electrons. The third-order valence-corrected chi connectivity index (χ3v) is 6.69. The van der Waals surface area contributed by atoms with Gasteiger partial charge in [0.2, 0.25) is 0 Å². The molecule has 2 aromatic carbocycles. The summed E-state index contributed by atoms with van der Waals surface area (Å²) in [6.07, 6.45) is 5.56. The lowest BCUT2D eigenvalue weighted by Crippen LogP contribution is -2.05. The fourth-order valence-corrected chi connectivity index (χ4v) is 4.77. The van der Waals surface area contributed by atoms with Crippen molar-refractivity contribution in [1.29, 1.82) is 0 Å². The lowest BCUT2D eigenvalue weighted by Gasteiger charge is -2.10. The van der Waals surface area contributed by atoms with Gasteiger partial charge in [-0.3, -0.25) is 14.9 Å². The largest absolute Gasteiger partial charge is 0.339 e. The molecule has 0 saturated heterocycles. The fourth-order valence-electron chi connectivity index (χ4n) is 3.99. The van der Waals surface area contributed by atoms with E-state index in [9.17, 15) is 4.79 Å². The monoisotopic (exact) mass is 488 g/mol. The van der Waals surface area contributed by atoms with Crippen molar-refractivity contribution in [1.82, 2.24) is 25.1 Å². The third kappa shape index (κ3) is 4.49. The SMILES string of the molecule is O=C(Cc1cccc(-c2nc(Nc3ccc(-c4cn[nH]c4)cc3)c3sccc3n2)c1)c1ccccn1. The summed E-state index contributed by atoms with van der Waals surface area (Å²) in [7, 11) is 0. The summed E-state index contributed by atoms with van der Waals surface area (Å²) in [5.74, 6) is 1.32. The van der Waals surface area contributed by atoms with E-state index in [1.54, 1.807) is 35.9 Å². The molecule has 0 aliphatic rings. The van der Waals surface area contributed by atoms with Crippen LogP contribution in [0.3, 0.4) is 0 Å². The second-order valence-corrected chi connectivity index (χ2v) is 9.15. The van der Waals surface area contributed by atoms with Crippen molar-refractivity contribution in [2.75, 3.05) is 5.32 Å². The Kier molecular flexibility index (Phi) is 5.77. The predicted octanol–water partition coefficient (Wildman–Crippen LogP) is 6.31. The number of hydrogen-bond donors (Lipinski definition) is 2. The predicted molar refractivity (Wildman–Crippen MR) is 142 cm³/mol. The van der Waals surface area contributed by atoms with Gasteiger partial charge < -0.3 is 5.32 Å². The molecule has 6 rings (SSSR count). The van der Waals surface area contributed by atoms with Crippen molar-refractivity contribution >= 4 is 38.8 Å². The Labute approximate surface area is 210 Å². The number of hydrogen-bond acceptors (Lipinski definition) is 7. The normalized spacial score (nSPS) is 11.0. The number of benzene rings is 2. The van der Waals surface area contributed by atoms with E-state index in [2.05, 4.69) is 20.5 Å². The van der Waals surface area contributed by atoms with Gasteiger partial charge in [-0.2, -0.15) is 5.10 Å².